The lowest BCUT2D eigenvalue weighted by molar-refractivity contribution is -0.122. The lowest BCUT2D eigenvalue weighted by Gasteiger charge is -2.46. The van der Waals surface area contributed by atoms with Gasteiger partial charge in [0.1, 0.15) is 5.66 Å². The third kappa shape index (κ3) is 3.79. The van der Waals surface area contributed by atoms with Crippen molar-refractivity contribution in [1.29, 1.82) is 0 Å². The maximum atomic E-state index is 13.5. The molecule has 0 aliphatic carbocycles. The molecule has 3 aromatic carbocycles. The highest BCUT2D eigenvalue weighted by Gasteiger charge is 2.43. The highest BCUT2D eigenvalue weighted by molar-refractivity contribution is 6.13. The van der Waals surface area contributed by atoms with Crippen LogP contribution in [0.5, 0.6) is 0 Å². The molecule has 5 heteroatoms. The summed E-state index contributed by atoms with van der Waals surface area (Å²) in [5, 5.41) is 6.43. The largest absolute Gasteiger partial charge is 0.361 e. The first-order valence-corrected chi connectivity index (χ1v) is 10.1. The summed E-state index contributed by atoms with van der Waals surface area (Å²) in [6.07, 6.45) is 0.119. The van der Waals surface area contributed by atoms with E-state index < -0.39 is 5.66 Å². The topological polar surface area (TPSA) is 61.4 Å². The number of para-hydroxylation sites is 2. The highest BCUT2D eigenvalue weighted by Crippen LogP contribution is 2.38. The molecule has 3 aromatic rings. The maximum absolute atomic E-state index is 13.5. The Labute approximate surface area is 176 Å². The Hall–Kier alpha value is -3.60. The predicted octanol–water partition coefficient (Wildman–Crippen LogP) is 4.49. The molecular weight excluding hydrogens is 374 g/mol. The molecule has 1 heterocycles. The Morgan fingerprint density at radius 1 is 0.967 bits per heavy atom. The summed E-state index contributed by atoms with van der Waals surface area (Å²) in [7, 11) is 0. The van der Waals surface area contributed by atoms with Crippen LogP contribution in [0.3, 0.4) is 0 Å². The van der Waals surface area contributed by atoms with Crippen molar-refractivity contribution in [2.75, 3.05) is 10.2 Å². The lowest BCUT2D eigenvalue weighted by atomic mass is 9.95. The third-order valence-electron chi connectivity index (χ3n) is 5.45. The number of fused-ring (bicyclic) bond motifs is 1. The van der Waals surface area contributed by atoms with Crippen LogP contribution in [0.25, 0.3) is 0 Å². The van der Waals surface area contributed by atoms with Gasteiger partial charge in [-0.15, -0.1) is 0 Å². The molecule has 1 aliphatic rings. The summed E-state index contributed by atoms with van der Waals surface area (Å²) in [6, 6.07) is 25.0. The van der Waals surface area contributed by atoms with Gasteiger partial charge in [0, 0.05) is 17.9 Å². The summed E-state index contributed by atoms with van der Waals surface area (Å²) in [4.78, 5) is 28.1. The zero-order chi connectivity index (χ0) is 21.1. The standard InChI is InChI=1S/C25H25N3O2/c1-18-10-6-9-15-22(18)28-24(30)20-13-7-8-14-21(20)27-25(28,2)16-23(29)26-17-19-11-4-3-5-12-19/h3-15,27H,16-17H2,1-2H3,(H,26,29)/t25-/m1/s1. The molecule has 0 saturated heterocycles. The summed E-state index contributed by atoms with van der Waals surface area (Å²) in [5.74, 6) is -0.239. The van der Waals surface area contributed by atoms with Gasteiger partial charge in [-0.1, -0.05) is 60.7 Å². The van der Waals surface area contributed by atoms with Crippen LogP contribution < -0.4 is 15.5 Å². The average molecular weight is 399 g/mol. The van der Waals surface area contributed by atoms with Crippen molar-refractivity contribution in [3.8, 4) is 0 Å². The number of rotatable bonds is 5. The molecule has 2 amide bonds. The Bertz CT molecular complexity index is 1080. The molecular formula is C25H25N3O2. The Morgan fingerprint density at radius 2 is 1.63 bits per heavy atom. The molecule has 0 fully saturated rings. The van der Waals surface area contributed by atoms with Crippen molar-refractivity contribution in [3.05, 3.63) is 95.6 Å². The minimum Gasteiger partial charge on any atom is -0.361 e. The molecule has 4 rings (SSSR count). The van der Waals surface area contributed by atoms with Crippen molar-refractivity contribution in [2.24, 2.45) is 0 Å². The first kappa shape index (κ1) is 19.7. The fourth-order valence-electron chi connectivity index (χ4n) is 3.95. The van der Waals surface area contributed by atoms with Crippen molar-refractivity contribution >= 4 is 23.2 Å². The van der Waals surface area contributed by atoms with Crippen LogP contribution in [0.4, 0.5) is 11.4 Å². The van der Waals surface area contributed by atoms with E-state index in [1.807, 2.05) is 92.7 Å². The molecule has 1 atom stereocenters. The Balaban J connectivity index is 1.65. The number of nitrogens with one attached hydrogen (secondary N) is 2. The van der Waals surface area contributed by atoms with E-state index in [9.17, 15) is 9.59 Å². The number of carbonyl (C=O) groups is 2. The number of hydrogen-bond donors (Lipinski definition) is 2. The van der Waals surface area contributed by atoms with Gasteiger partial charge in [-0.05, 0) is 43.2 Å². The van der Waals surface area contributed by atoms with Gasteiger partial charge in [-0.3, -0.25) is 14.5 Å². The van der Waals surface area contributed by atoms with Gasteiger partial charge in [0.2, 0.25) is 5.91 Å². The number of benzene rings is 3. The van der Waals surface area contributed by atoms with E-state index in [1.165, 1.54) is 0 Å². The normalized spacial score (nSPS) is 17.8. The van der Waals surface area contributed by atoms with Crippen LogP contribution in [0, 0.1) is 6.92 Å². The highest BCUT2D eigenvalue weighted by atomic mass is 16.2. The zero-order valence-electron chi connectivity index (χ0n) is 17.2. The maximum Gasteiger partial charge on any atom is 0.262 e. The van der Waals surface area contributed by atoms with Crippen LogP contribution >= 0.6 is 0 Å². The number of nitrogens with zero attached hydrogens (tertiary/aromatic N) is 1. The minimum absolute atomic E-state index is 0.114. The van der Waals surface area contributed by atoms with Crippen LogP contribution in [0.2, 0.25) is 0 Å². The number of anilines is 2. The molecule has 0 spiro atoms. The van der Waals surface area contributed by atoms with E-state index in [1.54, 1.807) is 4.90 Å². The molecule has 1 aliphatic heterocycles. The first-order chi connectivity index (χ1) is 14.5. The Kier molecular flexibility index (Phi) is 5.27. The van der Waals surface area contributed by atoms with E-state index in [0.29, 0.717) is 12.1 Å². The first-order valence-electron chi connectivity index (χ1n) is 10.1. The van der Waals surface area contributed by atoms with Crippen LogP contribution in [-0.4, -0.2) is 17.5 Å². The van der Waals surface area contributed by atoms with Gasteiger partial charge in [-0.25, -0.2) is 0 Å². The Morgan fingerprint density at radius 3 is 2.40 bits per heavy atom. The second kappa shape index (κ2) is 8.03. The van der Waals surface area contributed by atoms with Gasteiger partial charge in [0.05, 0.1) is 12.0 Å². The van der Waals surface area contributed by atoms with E-state index >= 15 is 0 Å². The summed E-state index contributed by atoms with van der Waals surface area (Å²) in [5.41, 5.74) is 3.24. The summed E-state index contributed by atoms with van der Waals surface area (Å²) in [6.45, 7) is 4.32. The van der Waals surface area contributed by atoms with Crippen LogP contribution in [0.1, 0.15) is 34.8 Å². The SMILES string of the molecule is Cc1ccccc1N1C(=O)c2ccccc2N[C@@]1(C)CC(=O)NCc1ccccc1. The van der Waals surface area contributed by atoms with Crippen molar-refractivity contribution in [3.63, 3.8) is 0 Å². The van der Waals surface area contributed by atoms with Gasteiger partial charge < -0.3 is 10.6 Å². The molecule has 0 aromatic heterocycles. The number of carbonyl (C=O) groups excluding carboxylic acids is 2. The second-order valence-corrected chi connectivity index (χ2v) is 7.81. The zero-order valence-corrected chi connectivity index (χ0v) is 17.2. The van der Waals surface area contributed by atoms with E-state index in [2.05, 4.69) is 10.6 Å². The number of aryl methyl sites for hydroxylation is 1. The van der Waals surface area contributed by atoms with Crippen LogP contribution in [0.15, 0.2) is 78.9 Å². The predicted molar refractivity (Wildman–Crippen MR) is 119 cm³/mol. The molecule has 0 saturated carbocycles. The molecule has 152 valence electrons. The lowest BCUT2D eigenvalue weighted by Crippen LogP contribution is -2.60. The third-order valence-corrected chi connectivity index (χ3v) is 5.45. The minimum atomic E-state index is -0.904. The van der Waals surface area contributed by atoms with Crippen molar-refractivity contribution in [1.82, 2.24) is 5.32 Å². The van der Waals surface area contributed by atoms with Gasteiger partial charge >= 0.3 is 0 Å². The quantitative estimate of drug-likeness (QED) is 0.665. The van der Waals surface area contributed by atoms with Gasteiger partial charge in [-0.2, -0.15) is 0 Å². The molecule has 30 heavy (non-hydrogen) atoms. The fraction of sp³-hybridized carbons (Fsp3) is 0.200. The average Bonchev–Trinajstić information content (AvgIpc) is 2.74. The molecule has 2 N–H and O–H groups in total. The summed E-state index contributed by atoms with van der Waals surface area (Å²) >= 11 is 0. The number of hydrogen-bond acceptors (Lipinski definition) is 3. The fourth-order valence-corrected chi connectivity index (χ4v) is 3.95. The molecule has 5 nitrogen and oxygen atoms in total. The monoisotopic (exact) mass is 399 g/mol. The summed E-state index contributed by atoms with van der Waals surface area (Å²) < 4.78 is 0. The van der Waals surface area contributed by atoms with Gasteiger partial charge in [0.25, 0.3) is 5.91 Å². The van der Waals surface area contributed by atoms with Crippen molar-refractivity contribution < 1.29 is 9.59 Å². The molecule has 0 radical (unpaired) electrons. The van der Waals surface area contributed by atoms with E-state index in [-0.39, 0.29) is 18.2 Å². The number of amides is 2. The molecule has 0 unspecified atom stereocenters. The molecule has 0 bridgehead atoms. The van der Waals surface area contributed by atoms with Gasteiger partial charge in [0.15, 0.2) is 0 Å². The second-order valence-electron chi connectivity index (χ2n) is 7.81. The smallest absolute Gasteiger partial charge is 0.262 e. The van der Waals surface area contributed by atoms with E-state index in [0.717, 1.165) is 22.5 Å². The van der Waals surface area contributed by atoms with Crippen LogP contribution in [-0.2, 0) is 11.3 Å². The van der Waals surface area contributed by atoms with Crippen molar-refractivity contribution in [2.45, 2.75) is 32.5 Å². The van der Waals surface area contributed by atoms with E-state index in [4.69, 9.17) is 0 Å².